The van der Waals surface area contributed by atoms with Gasteiger partial charge in [-0.2, -0.15) is 0 Å². The van der Waals surface area contributed by atoms with E-state index >= 15 is 0 Å². The lowest BCUT2D eigenvalue weighted by Gasteiger charge is -2.06. The Morgan fingerprint density at radius 1 is 1.47 bits per heavy atom. The molecule has 1 N–H and O–H groups in total. The molecule has 2 aromatic heterocycles. The lowest BCUT2D eigenvalue weighted by atomic mass is 10.1. The van der Waals surface area contributed by atoms with Crippen molar-refractivity contribution in [3.05, 3.63) is 38.6 Å². The summed E-state index contributed by atoms with van der Waals surface area (Å²) in [6.45, 7) is 4.77. The van der Waals surface area contributed by atoms with E-state index < -0.39 is 0 Å². The molecule has 0 radical (unpaired) electrons. The van der Waals surface area contributed by atoms with Gasteiger partial charge in [-0.05, 0) is 24.8 Å². The highest BCUT2D eigenvalue weighted by Gasteiger charge is 2.14. The van der Waals surface area contributed by atoms with E-state index in [-0.39, 0.29) is 10.6 Å². The third kappa shape index (κ3) is 3.08. The molecule has 0 fully saturated rings. The summed E-state index contributed by atoms with van der Waals surface area (Å²) in [5.41, 5.74) is 1.66. The second kappa shape index (κ2) is 5.79. The Kier molecular flexibility index (Phi) is 4.11. The van der Waals surface area contributed by atoms with Crippen molar-refractivity contribution < 1.29 is 4.92 Å². The summed E-state index contributed by atoms with van der Waals surface area (Å²) in [7, 11) is 0. The smallest absolute Gasteiger partial charge is 0.275 e. The van der Waals surface area contributed by atoms with Gasteiger partial charge in [-0.1, -0.05) is 6.92 Å². The van der Waals surface area contributed by atoms with Gasteiger partial charge < -0.3 is 5.32 Å². The maximum absolute atomic E-state index is 11.0. The topological polar surface area (TPSA) is 68.1 Å². The van der Waals surface area contributed by atoms with E-state index in [2.05, 4.69) is 10.3 Å². The van der Waals surface area contributed by atoms with Crippen molar-refractivity contribution in [2.45, 2.75) is 20.3 Å². The lowest BCUT2D eigenvalue weighted by Crippen LogP contribution is -2.03. The van der Waals surface area contributed by atoms with E-state index in [1.54, 1.807) is 11.3 Å². The number of aryl methyl sites for hydroxylation is 1. The molecule has 2 rings (SSSR count). The quantitative estimate of drug-likeness (QED) is 0.665. The summed E-state index contributed by atoms with van der Waals surface area (Å²) in [4.78, 5) is 16.2. The molecule has 0 bridgehead atoms. The lowest BCUT2D eigenvalue weighted by molar-refractivity contribution is -0.384. The Morgan fingerprint density at radius 3 is 2.84 bits per heavy atom. The normalized spacial score (nSPS) is 10.4. The van der Waals surface area contributed by atoms with Crippen LogP contribution in [0.4, 0.5) is 11.5 Å². The van der Waals surface area contributed by atoms with Crippen LogP contribution in [0.2, 0.25) is 0 Å². The fourth-order valence-corrected chi connectivity index (χ4v) is 2.46. The van der Waals surface area contributed by atoms with Crippen LogP contribution in [0.3, 0.4) is 0 Å². The first kappa shape index (κ1) is 13.5. The number of nitro groups is 1. The van der Waals surface area contributed by atoms with Gasteiger partial charge >= 0.3 is 0 Å². The Morgan fingerprint density at radius 2 is 2.26 bits per heavy atom. The van der Waals surface area contributed by atoms with Gasteiger partial charge in [0.25, 0.3) is 5.69 Å². The van der Waals surface area contributed by atoms with Crippen molar-refractivity contribution >= 4 is 22.8 Å². The molecule has 0 amide bonds. The molecule has 0 saturated heterocycles. The minimum atomic E-state index is -0.385. The van der Waals surface area contributed by atoms with Gasteiger partial charge in [0.15, 0.2) is 0 Å². The molecule has 6 heteroatoms. The van der Waals surface area contributed by atoms with Gasteiger partial charge in [-0.3, -0.25) is 10.1 Å². The molecule has 0 atom stereocenters. The van der Waals surface area contributed by atoms with E-state index in [1.165, 1.54) is 12.1 Å². The third-order valence-electron chi connectivity index (χ3n) is 2.71. The number of hydrogen-bond donors (Lipinski definition) is 1. The second-order valence-corrected chi connectivity index (χ2v) is 5.29. The molecule has 0 spiro atoms. The summed E-state index contributed by atoms with van der Waals surface area (Å²) in [6, 6.07) is 4.93. The molecule has 0 unspecified atom stereocenters. The van der Waals surface area contributed by atoms with Crippen molar-refractivity contribution in [2.75, 3.05) is 11.9 Å². The number of pyridine rings is 1. The highest BCUT2D eigenvalue weighted by molar-refractivity contribution is 7.10. The van der Waals surface area contributed by atoms with Crippen LogP contribution >= 0.6 is 11.3 Å². The predicted octanol–water partition coefficient (Wildman–Crippen LogP) is 3.85. The Balaban J connectivity index is 2.45. The van der Waals surface area contributed by atoms with Gasteiger partial charge in [-0.25, -0.2) is 4.98 Å². The molecule has 2 aromatic rings. The van der Waals surface area contributed by atoms with E-state index in [0.29, 0.717) is 11.5 Å². The number of aromatic nitrogens is 1. The van der Waals surface area contributed by atoms with E-state index in [1.807, 2.05) is 25.3 Å². The largest absolute Gasteiger partial charge is 0.370 e. The number of rotatable bonds is 5. The van der Waals surface area contributed by atoms with Crippen LogP contribution in [-0.4, -0.2) is 16.5 Å². The predicted molar refractivity (Wildman–Crippen MR) is 77.7 cm³/mol. The summed E-state index contributed by atoms with van der Waals surface area (Å²) in [5.74, 6) is 0.552. The monoisotopic (exact) mass is 277 g/mol. The van der Waals surface area contributed by atoms with Crippen LogP contribution < -0.4 is 5.32 Å². The van der Waals surface area contributed by atoms with Gasteiger partial charge in [0, 0.05) is 23.1 Å². The van der Waals surface area contributed by atoms with Crippen molar-refractivity contribution in [1.29, 1.82) is 0 Å². The molecule has 100 valence electrons. The number of hydrogen-bond acceptors (Lipinski definition) is 5. The minimum Gasteiger partial charge on any atom is -0.370 e. The van der Waals surface area contributed by atoms with Gasteiger partial charge in [0.2, 0.25) is 0 Å². The Bertz CT molecular complexity index is 595. The highest BCUT2D eigenvalue weighted by Crippen LogP contribution is 2.30. The van der Waals surface area contributed by atoms with Crippen molar-refractivity contribution in [3.8, 4) is 11.3 Å². The summed E-state index contributed by atoms with van der Waals surface area (Å²) >= 11 is 1.61. The van der Waals surface area contributed by atoms with Crippen molar-refractivity contribution in [1.82, 2.24) is 4.98 Å². The maximum Gasteiger partial charge on any atom is 0.275 e. The molecule has 0 aromatic carbocycles. The molecule has 0 aliphatic heterocycles. The van der Waals surface area contributed by atoms with Crippen LogP contribution in [0.15, 0.2) is 23.6 Å². The van der Waals surface area contributed by atoms with Crippen LogP contribution in [0.1, 0.15) is 18.2 Å². The third-order valence-corrected chi connectivity index (χ3v) is 3.56. The first-order chi connectivity index (χ1) is 9.11. The number of anilines is 1. The first-order valence-corrected chi connectivity index (χ1v) is 6.94. The molecule has 2 heterocycles. The molecule has 5 nitrogen and oxygen atoms in total. The fourth-order valence-electron chi connectivity index (χ4n) is 1.75. The van der Waals surface area contributed by atoms with Crippen molar-refractivity contribution in [2.24, 2.45) is 0 Å². The van der Waals surface area contributed by atoms with E-state index in [0.717, 1.165) is 23.4 Å². The minimum absolute atomic E-state index is 0.0641. The van der Waals surface area contributed by atoms with Gasteiger partial charge in [0.1, 0.15) is 5.82 Å². The summed E-state index contributed by atoms with van der Waals surface area (Å²) in [6.07, 6.45) is 0.942. The first-order valence-electron chi connectivity index (χ1n) is 6.06. The fraction of sp³-hybridized carbons (Fsp3) is 0.308. The van der Waals surface area contributed by atoms with Crippen LogP contribution in [0.5, 0.6) is 0 Å². The summed E-state index contributed by atoms with van der Waals surface area (Å²) < 4.78 is 0. The zero-order chi connectivity index (χ0) is 13.8. The van der Waals surface area contributed by atoms with Crippen LogP contribution in [0, 0.1) is 17.0 Å². The Labute approximate surface area is 115 Å². The molecule has 0 aliphatic rings. The average Bonchev–Trinajstić information content (AvgIpc) is 2.82. The van der Waals surface area contributed by atoms with Crippen molar-refractivity contribution in [3.63, 3.8) is 0 Å². The zero-order valence-electron chi connectivity index (χ0n) is 10.8. The second-order valence-electron chi connectivity index (χ2n) is 4.17. The standard InChI is InChI=1S/C13H15N3O2S/c1-3-5-14-13-8-10(16(17)18)7-12(15-13)11-4-6-19-9(11)2/h4,6-8H,3,5H2,1-2H3,(H,14,15). The molecular weight excluding hydrogens is 262 g/mol. The van der Waals surface area contributed by atoms with E-state index in [9.17, 15) is 10.1 Å². The average molecular weight is 277 g/mol. The molecule has 0 saturated carbocycles. The summed E-state index contributed by atoms with van der Waals surface area (Å²) in [5, 5.41) is 16.0. The highest BCUT2D eigenvalue weighted by atomic mass is 32.1. The Hall–Kier alpha value is -1.95. The number of thiophene rings is 1. The SMILES string of the molecule is CCCNc1cc([N+](=O)[O-])cc(-c2ccsc2C)n1. The van der Waals surface area contributed by atoms with Gasteiger partial charge in [0.05, 0.1) is 16.7 Å². The molecule has 19 heavy (non-hydrogen) atoms. The number of nitrogens with zero attached hydrogens (tertiary/aromatic N) is 2. The number of nitrogens with one attached hydrogen (secondary N) is 1. The van der Waals surface area contributed by atoms with Gasteiger partial charge in [-0.15, -0.1) is 11.3 Å². The molecule has 0 aliphatic carbocycles. The van der Waals surface area contributed by atoms with Crippen LogP contribution in [0.25, 0.3) is 11.3 Å². The van der Waals surface area contributed by atoms with E-state index in [4.69, 9.17) is 0 Å². The maximum atomic E-state index is 11.0. The van der Waals surface area contributed by atoms with Crippen LogP contribution in [-0.2, 0) is 0 Å². The molecular formula is C13H15N3O2S. The zero-order valence-corrected chi connectivity index (χ0v) is 11.7.